The maximum Gasteiger partial charge on any atom is 0.213 e. The molecule has 1 saturated carbocycles. The first-order valence-corrected chi connectivity index (χ1v) is 6.98. The van der Waals surface area contributed by atoms with E-state index in [1.165, 1.54) is 18.4 Å². The van der Waals surface area contributed by atoms with Gasteiger partial charge in [0.1, 0.15) is 6.61 Å². The van der Waals surface area contributed by atoms with Crippen molar-refractivity contribution in [2.75, 3.05) is 13.2 Å². The van der Waals surface area contributed by atoms with Gasteiger partial charge in [-0.1, -0.05) is 0 Å². The molecule has 0 atom stereocenters. The Morgan fingerprint density at radius 3 is 2.79 bits per heavy atom. The zero-order chi connectivity index (χ0) is 13.7. The lowest BCUT2D eigenvalue weighted by atomic mass is 10.2. The van der Waals surface area contributed by atoms with Crippen molar-refractivity contribution >= 4 is 0 Å². The first kappa shape index (κ1) is 14.3. The second kappa shape index (κ2) is 6.35. The predicted octanol–water partition coefficient (Wildman–Crippen LogP) is 2.53. The van der Waals surface area contributed by atoms with Gasteiger partial charge in [0, 0.05) is 24.8 Å². The Morgan fingerprint density at radius 2 is 2.11 bits per heavy atom. The van der Waals surface area contributed by atoms with Crippen LogP contribution in [0, 0.1) is 0 Å². The van der Waals surface area contributed by atoms with E-state index in [-0.39, 0.29) is 5.60 Å². The molecule has 0 radical (unpaired) electrons. The molecule has 0 amide bonds. The maximum absolute atomic E-state index is 5.60. The van der Waals surface area contributed by atoms with Crippen molar-refractivity contribution in [3.63, 3.8) is 0 Å². The average Bonchev–Trinajstić information content (AvgIpc) is 3.16. The minimum absolute atomic E-state index is 0.118. The monoisotopic (exact) mass is 264 g/mol. The number of rotatable bonds is 7. The van der Waals surface area contributed by atoms with Crippen molar-refractivity contribution in [1.29, 1.82) is 0 Å². The van der Waals surface area contributed by atoms with E-state index in [9.17, 15) is 0 Å². The number of hydrogen-bond acceptors (Lipinski definition) is 4. The van der Waals surface area contributed by atoms with Crippen LogP contribution in [-0.4, -0.2) is 29.8 Å². The Morgan fingerprint density at radius 1 is 1.32 bits per heavy atom. The van der Waals surface area contributed by atoms with Gasteiger partial charge in [0.15, 0.2) is 0 Å². The van der Waals surface area contributed by atoms with Crippen molar-refractivity contribution in [1.82, 2.24) is 10.3 Å². The lowest BCUT2D eigenvalue weighted by Gasteiger charge is -2.19. The molecule has 1 aromatic heterocycles. The molecule has 2 rings (SSSR count). The highest BCUT2D eigenvalue weighted by molar-refractivity contribution is 5.20. The van der Waals surface area contributed by atoms with Gasteiger partial charge in [-0.05, 0) is 45.2 Å². The molecule has 0 aromatic carbocycles. The van der Waals surface area contributed by atoms with E-state index in [1.807, 2.05) is 32.9 Å². The molecular weight excluding hydrogens is 240 g/mol. The van der Waals surface area contributed by atoms with Gasteiger partial charge in [-0.3, -0.25) is 0 Å². The molecule has 0 unspecified atom stereocenters. The first-order chi connectivity index (χ1) is 9.03. The van der Waals surface area contributed by atoms with Crippen LogP contribution in [0.5, 0.6) is 5.88 Å². The molecule has 4 nitrogen and oxygen atoms in total. The van der Waals surface area contributed by atoms with E-state index in [0.29, 0.717) is 19.1 Å². The summed E-state index contributed by atoms with van der Waals surface area (Å²) in [6, 6.07) is 4.73. The van der Waals surface area contributed by atoms with Gasteiger partial charge in [0.2, 0.25) is 5.88 Å². The average molecular weight is 264 g/mol. The molecule has 1 N–H and O–H groups in total. The summed E-state index contributed by atoms with van der Waals surface area (Å²) in [4.78, 5) is 4.21. The molecule has 0 bridgehead atoms. The van der Waals surface area contributed by atoms with Gasteiger partial charge < -0.3 is 14.8 Å². The number of aromatic nitrogens is 1. The van der Waals surface area contributed by atoms with Crippen LogP contribution in [0.3, 0.4) is 0 Å². The summed E-state index contributed by atoms with van der Waals surface area (Å²) >= 11 is 0. The number of nitrogens with zero attached hydrogens (tertiary/aromatic N) is 1. The molecule has 19 heavy (non-hydrogen) atoms. The summed E-state index contributed by atoms with van der Waals surface area (Å²) in [7, 11) is 0. The SMILES string of the molecule is CC(C)(C)OCCOc1cc(CNC2CC2)ccn1. The van der Waals surface area contributed by atoms with Crippen LogP contribution < -0.4 is 10.1 Å². The van der Waals surface area contributed by atoms with Gasteiger partial charge in [-0.25, -0.2) is 4.98 Å². The zero-order valence-electron chi connectivity index (χ0n) is 12.1. The first-order valence-electron chi connectivity index (χ1n) is 6.98. The van der Waals surface area contributed by atoms with Crippen molar-refractivity contribution in [2.45, 2.75) is 51.8 Å². The van der Waals surface area contributed by atoms with Crippen LogP contribution in [0.4, 0.5) is 0 Å². The second-order valence-electron chi connectivity index (χ2n) is 5.97. The van der Waals surface area contributed by atoms with Crippen LogP contribution >= 0.6 is 0 Å². The molecular formula is C15H24N2O2. The maximum atomic E-state index is 5.60. The van der Waals surface area contributed by atoms with Crippen LogP contribution in [0.25, 0.3) is 0 Å². The van der Waals surface area contributed by atoms with Gasteiger partial charge in [-0.2, -0.15) is 0 Å². The molecule has 1 heterocycles. The summed E-state index contributed by atoms with van der Waals surface area (Å²) in [6.45, 7) is 8.11. The largest absolute Gasteiger partial charge is 0.475 e. The Hall–Kier alpha value is -1.13. The summed E-state index contributed by atoms with van der Waals surface area (Å²) < 4.78 is 11.2. The molecule has 1 aliphatic carbocycles. The lowest BCUT2D eigenvalue weighted by molar-refractivity contribution is -0.0168. The number of ether oxygens (including phenoxy) is 2. The summed E-state index contributed by atoms with van der Waals surface area (Å²) in [5, 5.41) is 3.48. The van der Waals surface area contributed by atoms with E-state index in [1.54, 1.807) is 6.20 Å². The fraction of sp³-hybridized carbons (Fsp3) is 0.667. The molecule has 106 valence electrons. The van der Waals surface area contributed by atoms with E-state index in [0.717, 1.165) is 12.6 Å². The molecule has 0 aliphatic heterocycles. The lowest BCUT2D eigenvalue weighted by Crippen LogP contribution is -2.22. The van der Waals surface area contributed by atoms with E-state index in [2.05, 4.69) is 10.3 Å². The third-order valence-electron chi connectivity index (χ3n) is 2.84. The van der Waals surface area contributed by atoms with Crippen molar-refractivity contribution in [3.8, 4) is 5.88 Å². The normalized spacial score (nSPS) is 15.5. The Balaban J connectivity index is 1.71. The van der Waals surface area contributed by atoms with Gasteiger partial charge in [-0.15, -0.1) is 0 Å². The predicted molar refractivity (Wildman–Crippen MR) is 75.3 cm³/mol. The number of pyridine rings is 1. The van der Waals surface area contributed by atoms with E-state index in [4.69, 9.17) is 9.47 Å². The van der Waals surface area contributed by atoms with Crippen LogP contribution in [0.1, 0.15) is 39.2 Å². The van der Waals surface area contributed by atoms with Crippen molar-refractivity contribution in [2.24, 2.45) is 0 Å². The number of nitrogens with one attached hydrogen (secondary N) is 1. The fourth-order valence-corrected chi connectivity index (χ4v) is 1.68. The van der Waals surface area contributed by atoms with Crippen molar-refractivity contribution in [3.05, 3.63) is 23.9 Å². The smallest absolute Gasteiger partial charge is 0.213 e. The third kappa shape index (κ3) is 6.03. The topological polar surface area (TPSA) is 43.4 Å². The van der Waals surface area contributed by atoms with E-state index >= 15 is 0 Å². The number of hydrogen-bond donors (Lipinski definition) is 1. The van der Waals surface area contributed by atoms with Gasteiger partial charge in [0.05, 0.1) is 12.2 Å². The molecule has 1 aliphatic rings. The van der Waals surface area contributed by atoms with Crippen LogP contribution in [-0.2, 0) is 11.3 Å². The highest BCUT2D eigenvalue weighted by atomic mass is 16.5. The molecule has 1 aromatic rings. The fourth-order valence-electron chi connectivity index (χ4n) is 1.68. The van der Waals surface area contributed by atoms with Gasteiger partial charge in [0.25, 0.3) is 0 Å². The zero-order valence-corrected chi connectivity index (χ0v) is 12.1. The standard InChI is InChI=1S/C15H24N2O2/c1-15(2,3)19-9-8-18-14-10-12(6-7-16-14)11-17-13-4-5-13/h6-7,10,13,17H,4-5,8-9,11H2,1-3H3. The van der Waals surface area contributed by atoms with Gasteiger partial charge >= 0.3 is 0 Å². The Labute approximate surface area is 115 Å². The minimum Gasteiger partial charge on any atom is -0.475 e. The molecule has 0 spiro atoms. The third-order valence-corrected chi connectivity index (χ3v) is 2.84. The second-order valence-corrected chi connectivity index (χ2v) is 5.97. The quantitative estimate of drug-likeness (QED) is 0.769. The highest BCUT2D eigenvalue weighted by Gasteiger charge is 2.19. The molecule has 1 fully saturated rings. The Kier molecular flexibility index (Phi) is 4.77. The van der Waals surface area contributed by atoms with Crippen molar-refractivity contribution < 1.29 is 9.47 Å². The summed E-state index contributed by atoms with van der Waals surface area (Å²) in [6.07, 6.45) is 4.40. The van der Waals surface area contributed by atoms with Crippen LogP contribution in [0.15, 0.2) is 18.3 Å². The van der Waals surface area contributed by atoms with Crippen LogP contribution in [0.2, 0.25) is 0 Å². The van der Waals surface area contributed by atoms with E-state index < -0.39 is 0 Å². The molecule has 0 saturated heterocycles. The highest BCUT2D eigenvalue weighted by Crippen LogP contribution is 2.19. The minimum atomic E-state index is -0.118. The summed E-state index contributed by atoms with van der Waals surface area (Å²) in [5.41, 5.74) is 1.10. The molecule has 4 heteroatoms. The summed E-state index contributed by atoms with van der Waals surface area (Å²) in [5.74, 6) is 0.674. The Bertz CT molecular complexity index is 397.